The molecular formula is C10H7N2O3S+. The Hall–Kier alpha value is -1.97. The van der Waals surface area contributed by atoms with Gasteiger partial charge in [0.05, 0.1) is 0 Å². The highest BCUT2D eigenvalue weighted by Crippen LogP contribution is 2.26. The molecule has 0 unspecified atom stereocenters. The van der Waals surface area contributed by atoms with Crippen molar-refractivity contribution in [2.24, 2.45) is 0 Å². The van der Waals surface area contributed by atoms with E-state index in [4.69, 9.17) is 9.95 Å². The summed E-state index contributed by atoms with van der Waals surface area (Å²) in [6.07, 6.45) is 0. The van der Waals surface area contributed by atoms with Gasteiger partial charge in [0.2, 0.25) is 5.39 Å². The van der Waals surface area contributed by atoms with Crippen LogP contribution in [0.5, 0.6) is 0 Å². The third-order valence-electron chi connectivity index (χ3n) is 2.22. The van der Waals surface area contributed by atoms with Crippen molar-refractivity contribution < 1.29 is 13.0 Å². The molecule has 0 bridgehead atoms. The van der Waals surface area contributed by atoms with Gasteiger partial charge < -0.3 is 0 Å². The molecule has 5 nitrogen and oxygen atoms in total. The molecule has 0 aliphatic carbocycles. The van der Waals surface area contributed by atoms with Crippen LogP contribution in [0.4, 0.5) is 5.69 Å². The van der Waals surface area contributed by atoms with E-state index in [-0.39, 0.29) is 10.6 Å². The largest absolute Gasteiger partial charge is 0.385 e. The molecule has 2 aromatic carbocycles. The first-order valence-electron chi connectivity index (χ1n) is 4.38. The zero-order chi connectivity index (χ0) is 11.8. The van der Waals surface area contributed by atoms with Crippen LogP contribution in [0, 0.1) is 5.39 Å². The number of diazo groups is 1. The predicted octanol–water partition coefficient (Wildman–Crippen LogP) is 2.57. The molecule has 0 atom stereocenters. The number of benzene rings is 2. The lowest BCUT2D eigenvalue weighted by atomic mass is 10.1. The lowest BCUT2D eigenvalue weighted by molar-refractivity contribution is 0.484. The normalized spacial score (nSPS) is 11.2. The van der Waals surface area contributed by atoms with E-state index in [1.807, 2.05) is 0 Å². The molecule has 0 radical (unpaired) electrons. The summed E-state index contributed by atoms with van der Waals surface area (Å²) in [6.45, 7) is 0. The molecule has 1 N–H and O–H groups in total. The second-order valence-electron chi connectivity index (χ2n) is 3.24. The highest BCUT2D eigenvalue weighted by Gasteiger charge is 2.16. The highest BCUT2D eigenvalue weighted by molar-refractivity contribution is 7.86. The fourth-order valence-electron chi connectivity index (χ4n) is 1.52. The van der Waals surface area contributed by atoms with E-state index in [1.54, 1.807) is 12.1 Å². The van der Waals surface area contributed by atoms with Crippen molar-refractivity contribution in [2.45, 2.75) is 4.90 Å². The zero-order valence-electron chi connectivity index (χ0n) is 8.03. The molecule has 0 aliphatic rings. The van der Waals surface area contributed by atoms with Gasteiger partial charge in [0, 0.05) is 17.5 Å². The van der Waals surface area contributed by atoms with Gasteiger partial charge in [0.25, 0.3) is 10.1 Å². The molecule has 80 valence electrons. The second kappa shape index (κ2) is 3.56. The Balaban J connectivity index is 2.91. The third kappa shape index (κ3) is 1.74. The molecule has 0 heterocycles. The van der Waals surface area contributed by atoms with E-state index in [2.05, 4.69) is 4.98 Å². The molecule has 0 spiro atoms. The zero-order valence-corrected chi connectivity index (χ0v) is 8.85. The van der Waals surface area contributed by atoms with Crippen LogP contribution in [0.1, 0.15) is 0 Å². The summed E-state index contributed by atoms with van der Waals surface area (Å²) >= 11 is 0. The molecule has 0 fully saturated rings. The van der Waals surface area contributed by atoms with E-state index in [0.717, 1.165) is 0 Å². The molecule has 6 heteroatoms. The fraction of sp³-hybridized carbons (Fsp3) is 0. The quantitative estimate of drug-likeness (QED) is 0.608. The average Bonchev–Trinajstić information content (AvgIpc) is 2.26. The molecule has 2 aromatic rings. The molecule has 0 aliphatic heterocycles. The topological polar surface area (TPSA) is 82.5 Å². The predicted molar refractivity (Wildman–Crippen MR) is 58.5 cm³/mol. The van der Waals surface area contributed by atoms with Gasteiger partial charge in [-0.1, -0.05) is 12.1 Å². The average molecular weight is 235 g/mol. The SMILES string of the molecule is N#[N+]c1ccc2cccc(S(=O)(=O)O)c2c1. The Labute approximate surface area is 91.7 Å². The van der Waals surface area contributed by atoms with Crippen molar-refractivity contribution in [1.29, 1.82) is 5.39 Å². The lowest BCUT2D eigenvalue weighted by Gasteiger charge is -2.01. The van der Waals surface area contributed by atoms with Gasteiger partial charge in [-0.2, -0.15) is 8.42 Å². The van der Waals surface area contributed by atoms with E-state index in [0.29, 0.717) is 10.8 Å². The van der Waals surface area contributed by atoms with Gasteiger partial charge in [-0.3, -0.25) is 4.55 Å². The molecule has 0 aromatic heterocycles. The molecule has 0 amide bonds. The van der Waals surface area contributed by atoms with E-state index >= 15 is 0 Å². The van der Waals surface area contributed by atoms with Crippen LogP contribution in [0.3, 0.4) is 0 Å². The summed E-state index contributed by atoms with van der Waals surface area (Å²) in [5, 5.41) is 9.56. The number of fused-ring (bicyclic) bond motifs is 1. The Kier molecular flexibility index (Phi) is 2.34. The van der Waals surface area contributed by atoms with Crippen LogP contribution < -0.4 is 0 Å². The minimum absolute atomic E-state index is 0.199. The van der Waals surface area contributed by atoms with Gasteiger partial charge in [0.1, 0.15) is 4.90 Å². The summed E-state index contributed by atoms with van der Waals surface area (Å²) in [5.74, 6) is 0. The van der Waals surface area contributed by atoms with Crippen molar-refractivity contribution in [1.82, 2.24) is 0 Å². The van der Waals surface area contributed by atoms with Crippen molar-refractivity contribution in [3.8, 4) is 0 Å². The molecular weight excluding hydrogens is 228 g/mol. The monoisotopic (exact) mass is 235 g/mol. The standard InChI is InChI=1S/C10H6N2O3S/c11-12-8-5-4-7-2-1-3-10(9(7)6-8)16(13,14)15/h1-6H/p+1. The first-order chi connectivity index (χ1) is 7.52. The summed E-state index contributed by atoms with van der Waals surface area (Å²) in [4.78, 5) is 2.77. The van der Waals surface area contributed by atoms with Gasteiger partial charge in [0.15, 0.2) is 4.98 Å². The van der Waals surface area contributed by atoms with Crippen LogP contribution in [0.15, 0.2) is 41.3 Å². The number of rotatable bonds is 1. The Morgan fingerprint density at radius 3 is 2.56 bits per heavy atom. The Morgan fingerprint density at radius 2 is 1.94 bits per heavy atom. The van der Waals surface area contributed by atoms with E-state index < -0.39 is 10.1 Å². The summed E-state index contributed by atoms with van der Waals surface area (Å²) in [6, 6.07) is 9.05. The molecule has 2 rings (SSSR count). The smallest absolute Gasteiger partial charge is 0.282 e. The van der Waals surface area contributed by atoms with Crippen LogP contribution in [-0.2, 0) is 10.1 Å². The van der Waals surface area contributed by atoms with E-state index in [1.165, 1.54) is 24.3 Å². The van der Waals surface area contributed by atoms with Gasteiger partial charge in [-0.25, -0.2) is 0 Å². The van der Waals surface area contributed by atoms with Crippen LogP contribution in [-0.4, -0.2) is 13.0 Å². The molecule has 0 saturated heterocycles. The van der Waals surface area contributed by atoms with E-state index in [9.17, 15) is 8.42 Å². The van der Waals surface area contributed by atoms with Crippen LogP contribution >= 0.6 is 0 Å². The second-order valence-corrected chi connectivity index (χ2v) is 4.63. The maximum atomic E-state index is 11.1. The Morgan fingerprint density at radius 1 is 1.19 bits per heavy atom. The van der Waals surface area contributed by atoms with Crippen molar-refractivity contribution in [3.05, 3.63) is 41.4 Å². The lowest BCUT2D eigenvalue weighted by Crippen LogP contribution is -1.98. The first kappa shape index (κ1) is 10.5. The van der Waals surface area contributed by atoms with Crippen molar-refractivity contribution in [2.75, 3.05) is 0 Å². The number of hydrogen-bond acceptors (Lipinski definition) is 3. The fourth-order valence-corrected chi connectivity index (χ4v) is 2.22. The summed E-state index contributed by atoms with van der Waals surface area (Å²) < 4.78 is 31.2. The van der Waals surface area contributed by atoms with Gasteiger partial charge in [-0.15, -0.1) is 0 Å². The van der Waals surface area contributed by atoms with Crippen molar-refractivity contribution >= 4 is 26.6 Å². The summed E-state index contributed by atoms with van der Waals surface area (Å²) in [5.41, 5.74) is 0.226. The third-order valence-corrected chi connectivity index (χ3v) is 3.13. The van der Waals surface area contributed by atoms with Crippen LogP contribution in [0.2, 0.25) is 0 Å². The minimum atomic E-state index is -4.28. The maximum absolute atomic E-state index is 11.1. The Bertz CT molecular complexity index is 702. The number of hydrogen-bond donors (Lipinski definition) is 1. The van der Waals surface area contributed by atoms with Crippen molar-refractivity contribution in [3.63, 3.8) is 0 Å². The minimum Gasteiger partial charge on any atom is -0.282 e. The van der Waals surface area contributed by atoms with Crippen LogP contribution in [0.25, 0.3) is 15.7 Å². The molecule has 0 saturated carbocycles. The molecule has 16 heavy (non-hydrogen) atoms. The maximum Gasteiger partial charge on any atom is 0.385 e. The summed E-state index contributed by atoms with van der Waals surface area (Å²) in [7, 11) is -4.28. The van der Waals surface area contributed by atoms with Gasteiger partial charge in [-0.05, 0) is 17.5 Å². The van der Waals surface area contributed by atoms with Gasteiger partial charge >= 0.3 is 5.69 Å². The highest BCUT2D eigenvalue weighted by atomic mass is 32.2. The number of nitrogens with zero attached hydrogens (tertiary/aromatic N) is 2. The first-order valence-corrected chi connectivity index (χ1v) is 5.82.